The van der Waals surface area contributed by atoms with E-state index in [1.165, 1.54) is 5.57 Å². The van der Waals surface area contributed by atoms with E-state index < -0.39 is 0 Å². The number of ketones is 1. The fraction of sp³-hybridized carbons (Fsp3) is 0.417. The largest absolute Gasteiger partial charge is 0.294 e. The molecule has 0 saturated heterocycles. The molecule has 0 bridgehead atoms. The predicted octanol–water partition coefficient (Wildman–Crippen LogP) is 2.80. The van der Waals surface area contributed by atoms with Crippen molar-refractivity contribution in [1.29, 1.82) is 0 Å². The van der Waals surface area contributed by atoms with Gasteiger partial charge in [0.25, 0.3) is 0 Å². The summed E-state index contributed by atoms with van der Waals surface area (Å²) in [6.07, 6.45) is 8.77. The van der Waals surface area contributed by atoms with Crippen LogP contribution in [0.3, 0.4) is 0 Å². The second kappa shape index (κ2) is 2.69. The first-order valence-electron chi connectivity index (χ1n) is 4.72. The fourth-order valence-electron chi connectivity index (χ4n) is 2.28. The van der Waals surface area contributed by atoms with E-state index in [0.717, 1.165) is 24.8 Å². The van der Waals surface area contributed by atoms with Crippen molar-refractivity contribution >= 4 is 5.78 Å². The van der Waals surface area contributed by atoms with Crippen LogP contribution in [0.15, 0.2) is 36.0 Å². The molecular formula is C12H14O. The molecule has 0 amide bonds. The monoisotopic (exact) mass is 174 g/mol. The molecule has 0 radical (unpaired) electrons. The second-order valence-electron chi connectivity index (χ2n) is 4.12. The summed E-state index contributed by atoms with van der Waals surface area (Å²) in [4.78, 5) is 11.9. The molecular weight excluding hydrogens is 160 g/mol. The quantitative estimate of drug-likeness (QED) is 0.516. The van der Waals surface area contributed by atoms with Gasteiger partial charge in [-0.15, -0.1) is 0 Å². The zero-order valence-electron chi connectivity index (χ0n) is 7.97. The molecule has 2 aliphatic carbocycles. The Morgan fingerprint density at radius 3 is 2.92 bits per heavy atom. The second-order valence-corrected chi connectivity index (χ2v) is 4.12. The van der Waals surface area contributed by atoms with E-state index in [0.29, 0.717) is 5.78 Å². The number of hydrogen-bond donors (Lipinski definition) is 0. The first kappa shape index (κ1) is 8.49. The van der Waals surface area contributed by atoms with Gasteiger partial charge >= 0.3 is 0 Å². The highest BCUT2D eigenvalue weighted by Gasteiger charge is 2.41. The van der Waals surface area contributed by atoms with Crippen LogP contribution in [0, 0.1) is 5.41 Å². The van der Waals surface area contributed by atoms with Crippen molar-refractivity contribution < 1.29 is 4.79 Å². The zero-order valence-corrected chi connectivity index (χ0v) is 7.97. The summed E-state index contributed by atoms with van der Waals surface area (Å²) in [6, 6.07) is 0. The van der Waals surface area contributed by atoms with Crippen LogP contribution in [0.4, 0.5) is 0 Å². The molecule has 0 aromatic heterocycles. The van der Waals surface area contributed by atoms with Crippen molar-refractivity contribution in [1.82, 2.24) is 0 Å². The van der Waals surface area contributed by atoms with Crippen LogP contribution < -0.4 is 0 Å². The van der Waals surface area contributed by atoms with Gasteiger partial charge in [0.15, 0.2) is 5.78 Å². The maximum atomic E-state index is 11.9. The number of carbonyl (C=O) groups is 1. The van der Waals surface area contributed by atoms with Gasteiger partial charge in [0, 0.05) is 0 Å². The molecule has 2 rings (SSSR count). The molecule has 1 saturated carbocycles. The summed E-state index contributed by atoms with van der Waals surface area (Å²) >= 11 is 0. The summed E-state index contributed by atoms with van der Waals surface area (Å²) < 4.78 is 0. The van der Waals surface area contributed by atoms with E-state index >= 15 is 0 Å². The number of hydrogen-bond acceptors (Lipinski definition) is 1. The van der Waals surface area contributed by atoms with Crippen LogP contribution in [0.2, 0.25) is 0 Å². The smallest absolute Gasteiger partial charge is 0.168 e. The minimum atomic E-state index is -0.212. The minimum Gasteiger partial charge on any atom is -0.294 e. The Labute approximate surface area is 78.8 Å². The van der Waals surface area contributed by atoms with Gasteiger partial charge in [-0.2, -0.15) is 0 Å². The molecule has 0 aliphatic heterocycles. The standard InChI is InChI=1S/C12H14O/c1-9-5-7-12(8-9)6-3-4-10(2)11(12)13/h3-4,6H,1,5,7-8H2,2H3/t12-/m1/s1. The molecule has 13 heavy (non-hydrogen) atoms. The topological polar surface area (TPSA) is 17.1 Å². The van der Waals surface area contributed by atoms with E-state index in [-0.39, 0.29) is 5.41 Å². The SMILES string of the molecule is C=C1CC[C@]2(C=CC=C(C)C2=O)C1. The average molecular weight is 174 g/mol. The number of carbonyl (C=O) groups excluding carboxylic acids is 1. The summed E-state index contributed by atoms with van der Waals surface area (Å²) in [5.74, 6) is 0.300. The molecule has 1 spiro atoms. The summed E-state index contributed by atoms with van der Waals surface area (Å²) in [5, 5.41) is 0. The van der Waals surface area contributed by atoms with Crippen molar-refractivity contribution in [2.75, 3.05) is 0 Å². The molecule has 68 valence electrons. The Bertz CT molecular complexity index is 333. The van der Waals surface area contributed by atoms with Crippen molar-refractivity contribution in [3.8, 4) is 0 Å². The van der Waals surface area contributed by atoms with Gasteiger partial charge in [0.2, 0.25) is 0 Å². The van der Waals surface area contributed by atoms with Crippen LogP contribution in [-0.2, 0) is 4.79 Å². The lowest BCUT2D eigenvalue weighted by Gasteiger charge is -2.25. The highest BCUT2D eigenvalue weighted by atomic mass is 16.1. The van der Waals surface area contributed by atoms with Crippen molar-refractivity contribution in [2.24, 2.45) is 5.41 Å². The van der Waals surface area contributed by atoms with Gasteiger partial charge in [-0.05, 0) is 31.8 Å². The van der Waals surface area contributed by atoms with Crippen molar-refractivity contribution in [3.63, 3.8) is 0 Å². The summed E-state index contributed by atoms with van der Waals surface area (Å²) in [6.45, 7) is 5.86. The molecule has 0 heterocycles. The third kappa shape index (κ3) is 1.19. The van der Waals surface area contributed by atoms with E-state index in [4.69, 9.17) is 0 Å². The Balaban J connectivity index is 2.35. The van der Waals surface area contributed by atoms with Crippen LogP contribution >= 0.6 is 0 Å². The highest BCUT2D eigenvalue weighted by Crippen LogP contribution is 2.45. The van der Waals surface area contributed by atoms with Crippen LogP contribution in [0.5, 0.6) is 0 Å². The number of rotatable bonds is 0. The van der Waals surface area contributed by atoms with Gasteiger partial charge in [-0.25, -0.2) is 0 Å². The fourth-order valence-corrected chi connectivity index (χ4v) is 2.28. The maximum absolute atomic E-state index is 11.9. The van der Waals surface area contributed by atoms with E-state index in [2.05, 4.69) is 12.7 Å². The molecule has 0 unspecified atom stereocenters. The maximum Gasteiger partial charge on any atom is 0.168 e. The molecule has 1 atom stereocenters. The van der Waals surface area contributed by atoms with Gasteiger partial charge < -0.3 is 0 Å². The predicted molar refractivity (Wildman–Crippen MR) is 53.3 cm³/mol. The Morgan fingerprint density at radius 2 is 2.31 bits per heavy atom. The van der Waals surface area contributed by atoms with E-state index in [1.807, 2.05) is 19.1 Å². The molecule has 0 N–H and O–H groups in total. The normalized spacial score (nSPS) is 32.8. The lowest BCUT2D eigenvalue weighted by molar-refractivity contribution is -0.122. The van der Waals surface area contributed by atoms with Gasteiger partial charge in [-0.3, -0.25) is 4.79 Å². The number of allylic oxidation sites excluding steroid dienone is 5. The lowest BCUT2D eigenvalue weighted by atomic mass is 9.76. The van der Waals surface area contributed by atoms with Crippen molar-refractivity contribution in [3.05, 3.63) is 36.0 Å². The van der Waals surface area contributed by atoms with Gasteiger partial charge in [-0.1, -0.05) is 30.4 Å². The van der Waals surface area contributed by atoms with E-state index in [9.17, 15) is 4.79 Å². The number of Topliss-reactive ketones (excluding diaryl/α,β-unsaturated/α-hetero) is 1. The minimum absolute atomic E-state index is 0.212. The molecule has 2 aliphatic rings. The van der Waals surface area contributed by atoms with Gasteiger partial charge in [0.1, 0.15) is 0 Å². The van der Waals surface area contributed by atoms with Crippen LogP contribution in [-0.4, -0.2) is 5.78 Å². The Kier molecular flexibility index (Phi) is 1.76. The zero-order chi connectivity index (χ0) is 9.47. The van der Waals surface area contributed by atoms with Crippen molar-refractivity contribution in [2.45, 2.75) is 26.2 Å². The average Bonchev–Trinajstić information content (AvgIpc) is 2.45. The molecule has 0 aromatic carbocycles. The molecule has 1 fully saturated rings. The third-order valence-corrected chi connectivity index (χ3v) is 3.06. The first-order valence-corrected chi connectivity index (χ1v) is 4.72. The Hall–Kier alpha value is -1.11. The highest BCUT2D eigenvalue weighted by molar-refractivity contribution is 6.02. The molecule has 0 aromatic rings. The third-order valence-electron chi connectivity index (χ3n) is 3.06. The van der Waals surface area contributed by atoms with Gasteiger partial charge in [0.05, 0.1) is 5.41 Å². The first-order chi connectivity index (χ1) is 6.14. The molecule has 1 nitrogen and oxygen atoms in total. The molecule has 1 heteroatoms. The summed E-state index contributed by atoms with van der Waals surface area (Å²) in [7, 11) is 0. The van der Waals surface area contributed by atoms with Crippen LogP contribution in [0.25, 0.3) is 0 Å². The van der Waals surface area contributed by atoms with E-state index in [1.54, 1.807) is 0 Å². The summed E-state index contributed by atoms with van der Waals surface area (Å²) in [5.41, 5.74) is 1.89. The lowest BCUT2D eigenvalue weighted by Crippen LogP contribution is -2.28. The van der Waals surface area contributed by atoms with Crippen LogP contribution in [0.1, 0.15) is 26.2 Å². The Morgan fingerprint density at radius 1 is 1.54 bits per heavy atom.